The van der Waals surface area contributed by atoms with Crippen molar-refractivity contribution >= 4 is 16.7 Å². The molecule has 1 fully saturated rings. The van der Waals surface area contributed by atoms with Crippen LogP contribution in [-0.4, -0.2) is 39.3 Å². The van der Waals surface area contributed by atoms with Crippen LogP contribution in [-0.2, 0) is 0 Å². The fraction of sp³-hybridized carbons (Fsp3) is 0.316. The Hall–Kier alpha value is -2.53. The fourth-order valence-corrected chi connectivity index (χ4v) is 3.17. The van der Waals surface area contributed by atoms with E-state index in [9.17, 15) is 5.11 Å². The minimum Gasteiger partial charge on any atom is -0.391 e. The van der Waals surface area contributed by atoms with Crippen LogP contribution in [0, 0.1) is 5.92 Å². The molecule has 0 saturated carbocycles. The van der Waals surface area contributed by atoms with Gasteiger partial charge >= 0.3 is 0 Å². The number of anilines is 1. The molecule has 5 nitrogen and oxygen atoms in total. The minimum atomic E-state index is -0.325. The van der Waals surface area contributed by atoms with E-state index in [0.717, 1.165) is 35.2 Å². The fourth-order valence-electron chi connectivity index (χ4n) is 3.17. The highest BCUT2D eigenvalue weighted by Gasteiger charge is 2.26. The molecule has 1 aliphatic rings. The zero-order valence-corrected chi connectivity index (χ0v) is 13.6. The summed E-state index contributed by atoms with van der Waals surface area (Å²) in [6.07, 6.45) is 4.16. The monoisotopic (exact) mass is 320 g/mol. The number of benzene rings is 1. The molecule has 0 radical (unpaired) electrons. The molecule has 122 valence electrons. The van der Waals surface area contributed by atoms with Gasteiger partial charge in [0.05, 0.1) is 11.6 Å². The third-order valence-electron chi connectivity index (χ3n) is 4.72. The lowest BCUT2D eigenvalue weighted by molar-refractivity contribution is 0.103. The van der Waals surface area contributed by atoms with E-state index < -0.39 is 0 Å². The number of hydrogen-bond acceptors (Lipinski definition) is 5. The van der Waals surface area contributed by atoms with E-state index in [2.05, 4.69) is 16.8 Å². The van der Waals surface area contributed by atoms with Gasteiger partial charge in [0.25, 0.3) is 0 Å². The second kappa shape index (κ2) is 6.17. The van der Waals surface area contributed by atoms with Crippen molar-refractivity contribution < 1.29 is 5.11 Å². The summed E-state index contributed by atoms with van der Waals surface area (Å²) in [4.78, 5) is 15.9. The molecule has 4 rings (SSSR count). The Bertz CT molecular complexity index is 852. The van der Waals surface area contributed by atoms with Crippen molar-refractivity contribution in [3.8, 4) is 11.4 Å². The Balaban J connectivity index is 1.84. The number of para-hydroxylation sites is 1. The number of fused-ring (bicyclic) bond motifs is 1. The summed E-state index contributed by atoms with van der Waals surface area (Å²) >= 11 is 0. The molecule has 0 bridgehead atoms. The number of nitrogens with zero attached hydrogens (tertiary/aromatic N) is 4. The van der Waals surface area contributed by atoms with Gasteiger partial charge < -0.3 is 10.0 Å². The van der Waals surface area contributed by atoms with Crippen molar-refractivity contribution in [2.24, 2.45) is 5.92 Å². The molecule has 3 aromatic rings. The van der Waals surface area contributed by atoms with Crippen LogP contribution in [0.25, 0.3) is 22.3 Å². The number of pyridine rings is 1. The largest absolute Gasteiger partial charge is 0.391 e. The van der Waals surface area contributed by atoms with Crippen molar-refractivity contribution in [1.82, 2.24) is 15.0 Å². The molecule has 2 aromatic heterocycles. The quantitative estimate of drug-likeness (QED) is 0.786. The van der Waals surface area contributed by atoms with E-state index in [1.54, 1.807) is 12.4 Å². The summed E-state index contributed by atoms with van der Waals surface area (Å²) in [6, 6.07) is 11.9. The molecule has 1 saturated heterocycles. The predicted molar refractivity (Wildman–Crippen MR) is 94.8 cm³/mol. The summed E-state index contributed by atoms with van der Waals surface area (Å²) in [6.45, 7) is 3.60. The van der Waals surface area contributed by atoms with Gasteiger partial charge in [0.1, 0.15) is 5.82 Å². The molecule has 3 heterocycles. The lowest BCUT2D eigenvalue weighted by atomic mass is 9.96. The standard InChI is InChI=1S/C19H20N4O/c1-13-8-10-23(12-17(13)24)19-15-6-2-3-7-16(15)21-18(22-19)14-5-4-9-20-11-14/h2-7,9,11,13,17,24H,8,10,12H2,1H3. The number of rotatable bonds is 2. The second-order valence-corrected chi connectivity index (χ2v) is 6.41. The number of piperidine rings is 1. The molecule has 1 aliphatic heterocycles. The predicted octanol–water partition coefficient (Wildman–Crippen LogP) is 2.90. The van der Waals surface area contributed by atoms with Crippen LogP contribution >= 0.6 is 0 Å². The van der Waals surface area contributed by atoms with Crippen LogP contribution in [0.1, 0.15) is 13.3 Å². The molecule has 0 aliphatic carbocycles. The highest BCUT2D eigenvalue weighted by molar-refractivity contribution is 5.91. The molecule has 2 unspecified atom stereocenters. The second-order valence-electron chi connectivity index (χ2n) is 6.41. The molecule has 0 amide bonds. The molecular formula is C19H20N4O. The third kappa shape index (κ3) is 2.71. The van der Waals surface area contributed by atoms with Gasteiger partial charge in [0.2, 0.25) is 0 Å². The average molecular weight is 320 g/mol. The molecule has 1 N–H and O–H groups in total. The summed E-state index contributed by atoms with van der Waals surface area (Å²) in [5, 5.41) is 11.3. The maximum Gasteiger partial charge on any atom is 0.163 e. The van der Waals surface area contributed by atoms with Crippen LogP contribution in [0.2, 0.25) is 0 Å². The number of β-amino-alcohol motifs (C(OH)–C–C–N with tert-alkyl or cyclic N) is 1. The van der Waals surface area contributed by atoms with E-state index in [-0.39, 0.29) is 6.10 Å². The Morgan fingerprint density at radius 2 is 2.00 bits per heavy atom. The maximum absolute atomic E-state index is 10.3. The first-order valence-electron chi connectivity index (χ1n) is 8.32. The van der Waals surface area contributed by atoms with Crippen LogP contribution in [0.5, 0.6) is 0 Å². The lowest BCUT2D eigenvalue weighted by Crippen LogP contribution is -2.43. The normalized spacial score (nSPS) is 21.2. The maximum atomic E-state index is 10.3. The zero-order valence-electron chi connectivity index (χ0n) is 13.6. The first kappa shape index (κ1) is 15.0. The van der Waals surface area contributed by atoms with E-state index in [0.29, 0.717) is 18.3 Å². The number of hydrogen-bond donors (Lipinski definition) is 1. The van der Waals surface area contributed by atoms with Crippen molar-refractivity contribution in [3.05, 3.63) is 48.8 Å². The van der Waals surface area contributed by atoms with Gasteiger partial charge in [-0.25, -0.2) is 9.97 Å². The molecule has 5 heteroatoms. The highest BCUT2D eigenvalue weighted by atomic mass is 16.3. The minimum absolute atomic E-state index is 0.325. The van der Waals surface area contributed by atoms with Gasteiger partial charge in [0, 0.05) is 36.4 Å². The van der Waals surface area contributed by atoms with Gasteiger partial charge in [-0.15, -0.1) is 0 Å². The van der Waals surface area contributed by atoms with Crippen molar-refractivity contribution in [2.45, 2.75) is 19.4 Å². The van der Waals surface area contributed by atoms with Gasteiger partial charge in [-0.2, -0.15) is 0 Å². The number of aliphatic hydroxyl groups is 1. The van der Waals surface area contributed by atoms with Gasteiger partial charge in [0.15, 0.2) is 5.82 Å². The SMILES string of the molecule is CC1CCN(c2nc(-c3cccnc3)nc3ccccc23)CC1O. The van der Waals surface area contributed by atoms with E-state index >= 15 is 0 Å². The molecule has 0 spiro atoms. The lowest BCUT2D eigenvalue weighted by Gasteiger charge is -2.35. The van der Waals surface area contributed by atoms with Crippen molar-refractivity contribution in [3.63, 3.8) is 0 Å². The van der Waals surface area contributed by atoms with E-state index in [1.807, 2.05) is 36.4 Å². The van der Waals surface area contributed by atoms with Gasteiger partial charge in [-0.3, -0.25) is 4.98 Å². The van der Waals surface area contributed by atoms with E-state index in [1.165, 1.54) is 0 Å². The zero-order chi connectivity index (χ0) is 16.5. The topological polar surface area (TPSA) is 62.1 Å². The Labute approximate surface area is 141 Å². The smallest absolute Gasteiger partial charge is 0.163 e. The third-order valence-corrected chi connectivity index (χ3v) is 4.72. The number of aromatic nitrogens is 3. The van der Waals surface area contributed by atoms with E-state index in [4.69, 9.17) is 9.97 Å². The van der Waals surface area contributed by atoms with Crippen molar-refractivity contribution in [2.75, 3.05) is 18.0 Å². The van der Waals surface area contributed by atoms with Gasteiger partial charge in [-0.05, 0) is 36.6 Å². The summed E-state index contributed by atoms with van der Waals surface area (Å²) in [5.41, 5.74) is 1.81. The Morgan fingerprint density at radius 3 is 2.79 bits per heavy atom. The van der Waals surface area contributed by atoms with Crippen LogP contribution in [0.4, 0.5) is 5.82 Å². The Morgan fingerprint density at radius 1 is 1.12 bits per heavy atom. The highest BCUT2D eigenvalue weighted by Crippen LogP contribution is 2.30. The summed E-state index contributed by atoms with van der Waals surface area (Å²) in [5.74, 6) is 1.89. The van der Waals surface area contributed by atoms with Crippen LogP contribution in [0.15, 0.2) is 48.8 Å². The molecule has 2 atom stereocenters. The molecule has 24 heavy (non-hydrogen) atoms. The average Bonchev–Trinajstić information content (AvgIpc) is 2.64. The number of aliphatic hydroxyl groups excluding tert-OH is 1. The van der Waals surface area contributed by atoms with Crippen LogP contribution in [0.3, 0.4) is 0 Å². The Kier molecular flexibility index (Phi) is 3.86. The first-order chi connectivity index (χ1) is 11.7. The summed E-state index contributed by atoms with van der Waals surface area (Å²) < 4.78 is 0. The first-order valence-corrected chi connectivity index (χ1v) is 8.32. The van der Waals surface area contributed by atoms with Crippen LogP contribution < -0.4 is 4.90 Å². The summed E-state index contributed by atoms with van der Waals surface area (Å²) in [7, 11) is 0. The molecular weight excluding hydrogens is 300 g/mol. The van der Waals surface area contributed by atoms with Gasteiger partial charge in [-0.1, -0.05) is 19.1 Å². The van der Waals surface area contributed by atoms with Crippen molar-refractivity contribution in [1.29, 1.82) is 0 Å². The molecule has 1 aromatic carbocycles.